The molecule has 96 valence electrons. The maximum absolute atomic E-state index is 6.26. The number of methoxy groups -OCH3 is 1. The summed E-state index contributed by atoms with van der Waals surface area (Å²) in [5, 5.41) is 4.55. The second-order valence-corrected chi connectivity index (χ2v) is 4.75. The maximum Gasteiger partial charge on any atom is 0.222 e. The first-order valence-corrected chi connectivity index (χ1v) is 6.00. The van der Waals surface area contributed by atoms with Crippen LogP contribution in [-0.2, 0) is 0 Å². The molecule has 5 heteroatoms. The van der Waals surface area contributed by atoms with Crippen molar-refractivity contribution in [3.05, 3.63) is 28.8 Å². The average Bonchev–Trinajstić information content (AvgIpc) is 2.75. The molecule has 0 saturated heterocycles. The molecule has 0 amide bonds. The van der Waals surface area contributed by atoms with E-state index in [1.54, 1.807) is 13.2 Å². The molecule has 0 spiro atoms. The van der Waals surface area contributed by atoms with Crippen molar-refractivity contribution in [3.63, 3.8) is 0 Å². The molecule has 0 radical (unpaired) electrons. The van der Waals surface area contributed by atoms with Crippen LogP contribution < -0.4 is 10.5 Å². The van der Waals surface area contributed by atoms with Gasteiger partial charge in [0.25, 0.3) is 0 Å². The molecule has 18 heavy (non-hydrogen) atoms. The largest absolute Gasteiger partial charge is 0.496 e. The summed E-state index contributed by atoms with van der Waals surface area (Å²) in [5.41, 5.74) is 7.94. The van der Waals surface area contributed by atoms with Gasteiger partial charge in [-0.2, -0.15) is 0 Å². The molecule has 2 N–H and O–H groups in total. The number of hydrogen-bond acceptors (Lipinski definition) is 4. The van der Waals surface area contributed by atoms with Crippen molar-refractivity contribution in [3.8, 4) is 17.0 Å². The first-order chi connectivity index (χ1) is 8.52. The van der Waals surface area contributed by atoms with E-state index in [4.69, 9.17) is 26.6 Å². The van der Waals surface area contributed by atoms with Crippen LogP contribution in [-0.4, -0.2) is 12.3 Å². The number of anilines is 1. The van der Waals surface area contributed by atoms with Gasteiger partial charge in [-0.1, -0.05) is 30.6 Å². The smallest absolute Gasteiger partial charge is 0.222 e. The highest BCUT2D eigenvalue weighted by molar-refractivity contribution is 6.31. The van der Waals surface area contributed by atoms with Gasteiger partial charge in [-0.05, 0) is 23.6 Å². The predicted molar refractivity (Wildman–Crippen MR) is 72.0 cm³/mol. The summed E-state index contributed by atoms with van der Waals surface area (Å²) in [6.45, 7) is 4.16. The Morgan fingerprint density at radius 3 is 2.56 bits per heavy atom. The van der Waals surface area contributed by atoms with Gasteiger partial charge in [0.2, 0.25) is 5.88 Å². The van der Waals surface area contributed by atoms with Gasteiger partial charge in [-0.3, -0.25) is 0 Å². The fourth-order valence-electron chi connectivity index (χ4n) is 1.80. The Morgan fingerprint density at radius 2 is 2.06 bits per heavy atom. The summed E-state index contributed by atoms with van der Waals surface area (Å²) >= 11 is 6.26. The first kappa shape index (κ1) is 12.8. The monoisotopic (exact) mass is 266 g/mol. The number of ether oxygens (including phenoxy) is 1. The number of halogens is 1. The standard InChI is InChI=1S/C13H15ClN2O2/c1-7(2)8-5-12(17-3)9(4-10(8)14)11-6-13(15)18-16-11/h4-7H,15H2,1-3H3. The molecule has 2 aromatic rings. The van der Waals surface area contributed by atoms with Crippen molar-refractivity contribution < 1.29 is 9.26 Å². The summed E-state index contributed by atoms with van der Waals surface area (Å²) in [4.78, 5) is 0. The van der Waals surface area contributed by atoms with Gasteiger partial charge in [-0.25, -0.2) is 0 Å². The fourth-order valence-corrected chi connectivity index (χ4v) is 2.18. The van der Waals surface area contributed by atoms with Crippen LogP contribution in [0.15, 0.2) is 22.7 Å². The van der Waals surface area contributed by atoms with E-state index < -0.39 is 0 Å². The van der Waals surface area contributed by atoms with E-state index in [9.17, 15) is 0 Å². The van der Waals surface area contributed by atoms with E-state index in [0.29, 0.717) is 22.4 Å². The quantitative estimate of drug-likeness (QED) is 0.920. The van der Waals surface area contributed by atoms with E-state index in [-0.39, 0.29) is 5.88 Å². The number of rotatable bonds is 3. The lowest BCUT2D eigenvalue weighted by atomic mass is 9.99. The van der Waals surface area contributed by atoms with Crippen LogP contribution in [0.4, 0.5) is 5.88 Å². The van der Waals surface area contributed by atoms with Crippen LogP contribution in [0.25, 0.3) is 11.3 Å². The second kappa shape index (κ2) is 4.90. The lowest BCUT2D eigenvalue weighted by molar-refractivity contribution is 0.413. The van der Waals surface area contributed by atoms with Crippen molar-refractivity contribution in [2.45, 2.75) is 19.8 Å². The molecule has 0 bridgehead atoms. The Kier molecular flexibility index (Phi) is 3.48. The Morgan fingerprint density at radius 1 is 1.33 bits per heavy atom. The number of nitrogens with zero attached hydrogens (tertiary/aromatic N) is 1. The number of benzene rings is 1. The van der Waals surface area contributed by atoms with E-state index in [1.165, 1.54) is 0 Å². The highest BCUT2D eigenvalue weighted by atomic mass is 35.5. The van der Waals surface area contributed by atoms with Crippen LogP contribution in [0.2, 0.25) is 5.02 Å². The van der Waals surface area contributed by atoms with Crippen molar-refractivity contribution in [2.24, 2.45) is 0 Å². The summed E-state index contributed by atoms with van der Waals surface area (Å²) in [7, 11) is 1.61. The van der Waals surface area contributed by atoms with Crippen molar-refractivity contribution >= 4 is 17.5 Å². The minimum atomic E-state index is 0.260. The zero-order valence-corrected chi connectivity index (χ0v) is 11.3. The molecular formula is C13H15ClN2O2. The highest BCUT2D eigenvalue weighted by Gasteiger charge is 2.15. The SMILES string of the molecule is COc1cc(C(C)C)c(Cl)cc1-c1cc(N)on1. The molecule has 1 aromatic heterocycles. The summed E-state index contributed by atoms with van der Waals surface area (Å²) in [6.07, 6.45) is 0. The maximum atomic E-state index is 6.26. The van der Waals surface area contributed by atoms with Gasteiger partial charge in [0.05, 0.1) is 7.11 Å². The summed E-state index contributed by atoms with van der Waals surface area (Å²) < 4.78 is 10.2. The van der Waals surface area contributed by atoms with E-state index in [2.05, 4.69) is 19.0 Å². The minimum Gasteiger partial charge on any atom is -0.496 e. The first-order valence-electron chi connectivity index (χ1n) is 5.63. The summed E-state index contributed by atoms with van der Waals surface area (Å²) in [5.74, 6) is 1.29. The van der Waals surface area contributed by atoms with Crippen LogP contribution in [0.5, 0.6) is 5.75 Å². The fraction of sp³-hybridized carbons (Fsp3) is 0.308. The molecule has 0 atom stereocenters. The van der Waals surface area contributed by atoms with Gasteiger partial charge in [0, 0.05) is 16.7 Å². The summed E-state index contributed by atoms with van der Waals surface area (Å²) in [6, 6.07) is 5.39. The minimum absolute atomic E-state index is 0.260. The molecule has 0 saturated carbocycles. The molecule has 1 heterocycles. The third-order valence-electron chi connectivity index (χ3n) is 2.75. The molecule has 4 nitrogen and oxygen atoms in total. The van der Waals surface area contributed by atoms with Gasteiger partial charge in [-0.15, -0.1) is 0 Å². The van der Waals surface area contributed by atoms with Crippen LogP contribution in [0, 0.1) is 0 Å². The number of nitrogens with two attached hydrogens (primary N) is 1. The average molecular weight is 267 g/mol. The van der Waals surface area contributed by atoms with Crippen molar-refractivity contribution in [2.75, 3.05) is 12.8 Å². The van der Waals surface area contributed by atoms with Crippen LogP contribution in [0.3, 0.4) is 0 Å². The number of nitrogen functional groups attached to an aromatic ring is 1. The topological polar surface area (TPSA) is 61.3 Å². The number of aromatic nitrogens is 1. The van der Waals surface area contributed by atoms with E-state index in [0.717, 1.165) is 11.1 Å². The molecule has 0 unspecified atom stereocenters. The Hall–Kier alpha value is -1.68. The Balaban J connectivity index is 2.57. The van der Waals surface area contributed by atoms with Gasteiger partial charge < -0.3 is 15.0 Å². The molecule has 0 aliphatic rings. The van der Waals surface area contributed by atoms with Gasteiger partial charge in [0.15, 0.2) is 0 Å². The lowest BCUT2D eigenvalue weighted by Gasteiger charge is -2.13. The van der Waals surface area contributed by atoms with Crippen molar-refractivity contribution in [1.29, 1.82) is 0 Å². The third kappa shape index (κ3) is 2.29. The zero-order valence-electron chi connectivity index (χ0n) is 10.5. The molecule has 0 aliphatic carbocycles. The third-order valence-corrected chi connectivity index (χ3v) is 3.07. The van der Waals surface area contributed by atoms with E-state index >= 15 is 0 Å². The Labute approximate surface area is 111 Å². The van der Waals surface area contributed by atoms with E-state index in [1.807, 2.05) is 12.1 Å². The van der Waals surface area contributed by atoms with Crippen LogP contribution in [0.1, 0.15) is 25.3 Å². The van der Waals surface area contributed by atoms with Crippen molar-refractivity contribution in [1.82, 2.24) is 5.16 Å². The van der Waals surface area contributed by atoms with Gasteiger partial charge >= 0.3 is 0 Å². The second-order valence-electron chi connectivity index (χ2n) is 4.34. The normalized spacial score (nSPS) is 10.9. The molecule has 0 aliphatic heterocycles. The molecule has 2 rings (SSSR count). The predicted octanol–water partition coefficient (Wildman–Crippen LogP) is 3.71. The van der Waals surface area contributed by atoms with Gasteiger partial charge in [0.1, 0.15) is 11.4 Å². The molecular weight excluding hydrogens is 252 g/mol. The Bertz CT molecular complexity index is 564. The molecule has 0 fully saturated rings. The highest BCUT2D eigenvalue weighted by Crippen LogP contribution is 2.37. The lowest BCUT2D eigenvalue weighted by Crippen LogP contribution is -1.94. The zero-order chi connectivity index (χ0) is 13.3. The van der Waals surface area contributed by atoms with Crippen LogP contribution >= 0.6 is 11.6 Å². The number of hydrogen-bond donors (Lipinski definition) is 1. The molecule has 1 aromatic carbocycles.